The minimum Gasteiger partial charge on any atom is -0.398 e. The Balaban J connectivity index is 0. The number of anilines is 1. The standard InChI is InChI=1S/C22H27BrN2.C3H6.C2H4S.2C2H6/c1-4-6-15(7-5-2)21-19-12-20(24)14(3)10-16(19)8-9-17-11-18(23)13-25-22(17)21;2*1-3-2;2*1-2/h10-13H,4-9,24H2,1-3H3;3H,1H2,2H3;1H,2H3;2*1-2H3. The number of benzene rings is 1. The van der Waals surface area contributed by atoms with Gasteiger partial charge >= 0.3 is 0 Å². The molecule has 0 aliphatic heterocycles. The fourth-order valence-corrected chi connectivity index (χ4v) is 4.23. The molecule has 0 fully saturated rings. The zero-order valence-electron chi connectivity index (χ0n) is 23.7. The van der Waals surface area contributed by atoms with E-state index in [9.17, 15) is 0 Å². The predicted molar refractivity (Wildman–Crippen MR) is 168 cm³/mol. The lowest BCUT2D eigenvalue weighted by molar-refractivity contribution is 0.805. The third-order valence-corrected chi connectivity index (χ3v) is 5.49. The van der Waals surface area contributed by atoms with E-state index in [0.717, 1.165) is 54.4 Å². The highest BCUT2D eigenvalue weighted by atomic mass is 79.9. The largest absolute Gasteiger partial charge is 0.398 e. The van der Waals surface area contributed by atoms with Gasteiger partial charge in [0.1, 0.15) is 0 Å². The van der Waals surface area contributed by atoms with Crippen molar-refractivity contribution in [2.24, 2.45) is 0 Å². The van der Waals surface area contributed by atoms with E-state index >= 15 is 0 Å². The maximum atomic E-state index is 6.30. The van der Waals surface area contributed by atoms with Gasteiger partial charge in [0.2, 0.25) is 0 Å². The number of allylic oxidation sites excluding steroid dienone is 2. The first kappa shape index (κ1) is 35.3. The van der Waals surface area contributed by atoms with Gasteiger partial charge in [0.05, 0.1) is 5.69 Å². The number of pyridine rings is 1. The summed E-state index contributed by atoms with van der Waals surface area (Å²) in [6.07, 6.45) is 12.1. The van der Waals surface area contributed by atoms with Crippen molar-refractivity contribution in [3.8, 4) is 5.69 Å². The maximum Gasteiger partial charge on any atom is 0.0740 e. The molecule has 0 amide bonds. The van der Waals surface area contributed by atoms with Crippen LogP contribution in [0.2, 0.25) is 0 Å². The number of hydrogen-bond donors (Lipinski definition) is 1. The SMILES string of the molecule is C#SC.C=CC.CC.CC.CCCC(CCC)=C1c2cc(N)c(C)cc2CCc2cc(Br)cnc21. The summed E-state index contributed by atoms with van der Waals surface area (Å²) in [6, 6.07) is 6.70. The molecule has 0 atom stereocenters. The van der Waals surface area contributed by atoms with Crippen LogP contribution in [0.3, 0.4) is 0 Å². The van der Waals surface area contributed by atoms with Crippen LogP contribution in [0.15, 0.2) is 47.1 Å². The molecule has 0 saturated heterocycles. The van der Waals surface area contributed by atoms with Crippen LogP contribution >= 0.6 is 27.1 Å². The van der Waals surface area contributed by atoms with Crippen molar-refractivity contribution in [3.63, 3.8) is 0 Å². The molecular formula is C31H49BrN2S. The van der Waals surface area contributed by atoms with E-state index in [1.807, 2.05) is 47.1 Å². The van der Waals surface area contributed by atoms with E-state index in [1.54, 1.807) is 6.08 Å². The maximum absolute atomic E-state index is 6.30. The summed E-state index contributed by atoms with van der Waals surface area (Å²) < 4.78 is 1.06. The van der Waals surface area contributed by atoms with Gasteiger partial charge in [-0.2, -0.15) is 0 Å². The van der Waals surface area contributed by atoms with E-state index in [0.29, 0.717) is 0 Å². The second-order valence-corrected chi connectivity index (χ2v) is 9.04. The molecule has 2 N–H and O–H groups in total. The van der Waals surface area contributed by atoms with Crippen molar-refractivity contribution in [3.05, 3.63) is 75.0 Å². The lowest BCUT2D eigenvalue weighted by Crippen LogP contribution is -2.02. The van der Waals surface area contributed by atoms with Gasteiger partial charge in [-0.1, -0.05) is 72.1 Å². The van der Waals surface area contributed by atoms with E-state index in [2.05, 4.69) is 61.5 Å². The van der Waals surface area contributed by atoms with Crippen molar-refractivity contribution in [1.29, 1.82) is 0 Å². The van der Waals surface area contributed by atoms with Gasteiger partial charge in [-0.25, -0.2) is 0 Å². The lowest BCUT2D eigenvalue weighted by Gasteiger charge is -2.18. The van der Waals surface area contributed by atoms with Crippen molar-refractivity contribution in [1.82, 2.24) is 4.98 Å². The fraction of sp³-hybridized carbons (Fsp3) is 0.484. The molecule has 0 unspecified atom stereocenters. The third-order valence-electron chi connectivity index (χ3n) is 5.05. The second kappa shape index (κ2) is 21.4. The number of aryl methyl sites for hydroxylation is 3. The van der Waals surface area contributed by atoms with Gasteiger partial charge < -0.3 is 5.73 Å². The Bertz CT molecular complexity index is 947. The highest BCUT2D eigenvalue weighted by Gasteiger charge is 2.23. The summed E-state index contributed by atoms with van der Waals surface area (Å²) >= 11 is 4.84. The minimum atomic E-state index is 0.879. The zero-order valence-corrected chi connectivity index (χ0v) is 26.1. The second-order valence-electron chi connectivity index (χ2n) is 7.65. The predicted octanol–water partition coefficient (Wildman–Crippen LogP) is 10.4. The molecule has 3 rings (SSSR count). The number of rotatable bonds is 4. The molecule has 2 nitrogen and oxygen atoms in total. The summed E-state index contributed by atoms with van der Waals surface area (Å²) in [5.74, 6) is 0. The number of halogens is 1. The van der Waals surface area contributed by atoms with E-state index in [1.165, 1.54) is 44.6 Å². The monoisotopic (exact) mass is 560 g/mol. The molecule has 1 heterocycles. The molecule has 1 aromatic heterocycles. The van der Waals surface area contributed by atoms with E-state index in [4.69, 9.17) is 16.4 Å². The minimum absolute atomic E-state index is 0.879. The number of aromatic nitrogens is 1. The summed E-state index contributed by atoms with van der Waals surface area (Å²) in [4.78, 5) is 4.85. The normalized spacial score (nSPS) is 10.5. The first-order chi connectivity index (χ1) is 16.9. The van der Waals surface area contributed by atoms with Crippen LogP contribution in [0.4, 0.5) is 5.69 Å². The zero-order chi connectivity index (χ0) is 27.4. The summed E-state index contributed by atoms with van der Waals surface area (Å²) in [5, 5.41) is 0. The average molecular weight is 562 g/mol. The number of nitrogen functional groups attached to an aromatic ring is 1. The summed E-state index contributed by atoms with van der Waals surface area (Å²) in [5.41, 5.74) is 21.2. The molecule has 0 bridgehead atoms. The molecule has 4 heteroatoms. The number of nitrogens with zero attached hydrogens (tertiary/aromatic N) is 1. The molecule has 0 radical (unpaired) electrons. The molecule has 0 spiro atoms. The molecule has 0 saturated carbocycles. The van der Waals surface area contributed by atoms with Crippen LogP contribution in [0.1, 0.15) is 102 Å². The van der Waals surface area contributed by atoms with Crippen LogP contribution in [-0.4, -0.2) is 11.2 Å². The Morgan fingerprint density at radius 2 is 1.57 bits per heavy atom. The molecule has 196 valence electrons. The molecule has 2 aromatic rings. The number of nitrogens with two attached hydrogens (primary N) is 1. The highest BCUT2D eigenvalue weighted by molar-refractivity contribution is 9.10. The molecule has 1 aliphatic carbocycles. The van der Waals surface area contributed by atoms with Crippen molar-refractivity contribution in [2.45, 2.75) is 93.9 Å². The molecular weight excluding hydrogens is 512 g/mol. The van der Waals surface area contributed by atoms with E-state index in [-0.39, 0.29) is 0 Å². The Kier molecular flexibility index (Phi) is 21.6. The summed E-state index contributed by atoms with van der Waals surface area (Å²) in [6.45, 7) is 19.9. The van der Waals surface area contributed by atoms with Crippen LogP contribution < -0.4 is 5.73 Å². The average Bonchev–Trinajstić information content (AvgIpc) is 2.99. The number of hydrogen-bond acceptors (Lipinski definition) is 2. The van der Waals surface area contributed by atoms with Crippen LogP contribution in [-0.2, 0) is 12.8 Å². The van der Waals surface area contributed by atoms with Gasteiger partial charge in [-0.15, -0.1) is 23.4 Å². The van der Waals surface area contributed by atoms with Gasteiger partial charge in [0, 0.05) is 28.2 Å². The Morgan fingerprint density at radius 1 is 1.09 bits per heavy atom. The van der Waals surface area contributed by atoms with Gasteiger partial charge in [-0.3, -0.25) is 4.98 Å². The highest BCUT2D eigenvalue weighted by Crippen LogP contribution is 2.39. The fourth-order valence-electron chi connectivity index (χ4n) is 3.85. The van der Waals surface area contributed by atoms with Crippen molar-refractivity contribution >= 4 is 38.4 Å². The van der Waals surface area contributed by atoms with Crippen LogP contribution in [0.5, 0.6) is 0 Å². The van der Waals surface area contributed by atoms with Crippen LogP contribution in [0, 0.1) is 12.6 Å². The first-order valence-corrected chi connectivity index (χ1v) is 15.0. The smallest absolute Gasteiger partial charge is 0.0740 e. The van der Waals surface area contributed by atoms with Crippen LogP contribution in [0.25, 0.3) is 5.57 Å². The number of fused-ring (bicyclic) bond motifs is 2. The van der Waals surface area contributed by atoms with Gasteiger partial charge in [0.15, 0.2) is 0 Å². The third kappa shape index (κ3) is 11.6. The summed E-state index contributed by atoms with van der Waals surface area (Å²) in [7, 11) is 0. The van der Waals surface area contributed by atoms with Crippen molar-refractivity contribution in [2.75, 3.05) is 12.0 Å². The molecule has 1 aliphatic rings. The first-order valence-electron chi connectivity index (χ1n) is 12.9. The lowest BCUT2D eigenvalue weighted by atomic mass is 9.88. The Hall–Kier alpha value is -1.87. The van der Waals surface area contributed by atoms with Crippen molar-refractivity contribution < 1.29 is 0 Å². The Labute approximate surface area is 229 Å². The Morgan fingerprint density at radius 3 is 2.06 bits per heavy atom. The van der Waals surface area contributed by atoms with Gasteiger partial charge in [-0.05, 0) is 89.8 Å². The van der Waals surface area contributed by atoms with E-state index < -0.39 is 0 Å². The quantitative estimate of drug-likeness (QED) is 0.298. The van der Waals surface area contributed by atoms with Gasteiger partial charge in [0.25, 0.3) is 0 Å². The topological polar surface area (TPSA) is 38.9 Å². The molecule has 1 aromatic carbocycles. The molecule has 35 heavy (non-hydrogen) atoms.